The molecule has 0 spiro atoms. The number of hydrogen-bond donors (Lipinski definition) is 2. The number of benzene rings is 1. The molecule has 0 saturated carbocycles. The Kier molecular flexibility index (Phi) is 3.72. The number of rotatable bonds is 3. The summed E-state index contributed by atoms with van der Waals surface area (Å²) in [5.74, 6) is -2.88. The van der Waals surface area contributed by atoms with E-state index in [0.717, 1.165) is 12.1 Å². The summed E-state index contributed by atoms with van der Waals surface area (Å²) in [6, 6.07) is 1.25. The quantitative estimate of drug-likeness (QED) is 0.805. The Morgan fingerprint density at radius 1 is 1.41 bits per heavy atom. The first-order valence-electron chi connectivity index (χ1n) is 4.56. The van der Waals surface area contributed by atoms with Crippen LogP contribution in [-0.2, 0) is 17.4 Å². The lowest BCUT2D eigenvalue weighted by atomic mass is 10.00. The van der Waals surface area contributed by atoms with Gasteiger partial charge in [0.1, 0.15) is 11.9 Å². The average molecular weight is 251 g/mol. The highest BCUT2D eigenvalue weighted by atomic mass is 19.4. The Balaban J connectivity index is 3.16. The van der Waals surface area contributed by atoms with Gasteiger partial charge in [-0.05, 0) is 18.1 Å². The third kappa shape index (κ3) is 3.16. The highest BCUT2D eigenvalue weighted by Crippen LogP contribution is 2.34. The Morgan fingerprint density at radius 3 is 2.47 bits per heavy atom. The fourth-order valence-corrected chi connectivity index (χ4v) is 1.38. The molecule has 0 aromatic heterocycles. The van der Waals surface area contributed by atoms with Gasteiger partial charge in [-0.3, -0.25) is 4.79 Å². The summed E-state index contributed by atoms with van der Waals surface area (Å²) in [5, 5.41) is 8.51. The van der Waals surface area contributed by atoms with E-state index in [-0.39, 0.29) is 0 Å². The lowest BCUT2D eigenvalue weighted by Crippen LogP contribution is -2.33. The summed E-state index contributed by atoms with van der Waals surface area (Å²) in [4.78, 5) is 10.4. The van der Waals surface area contributed by atoms with Crippen molar-refractivity contribution in [2.45, 2.75) is 18.6 Å². The Labute approximate surface area is 93.8 Å². The number of carboxylic acid groups (broad SMARTS) is 1. The molecule has 1 aromatic carbocycles. The molecule has 7 heteroatoms. The van der Waals surface area contributed by atoms with Crippen LogP contribution >= 0.6 is 0 Å². The number of alkyl halides is 3. The van der Waals surface area contributed by atoms with Gasteiger partial charge in [0.25, 0.3) is 0 Å². The Bertz CT molecular complexity index is 431. The second kappa shape index (κ2) is 4.70. The molecule has 0 fully saturated rings. The number of nitrogens with two attached hydrogens (primary N) is 1. The van der Waals surface area contributed by atoms with Crippen molar-refractivity contribution >= 4 is 5.97 Å². The Morgan fingerprint density at radius 2 is 2.00 bits per heavy atom. The Hall–Kier alpha value is -1.63. The summed E-state index contributed by atoms with van der Waals surface area (Å²) in [6.45, 7) is 0. The van der Waals surface area contributed by atoms with Crippen molar-refractivity contribution in [3.63, 3.8) is 0 Å². The van der Waals surface area contributed by atoms with Gasteiger partial charge in [0.15, 0.2) is 0 Å². The molecule has 0 saturated heterocycles. The number of carbonyl (C=O) groups is 1. The maximum Gasteiger partial charge on any atom is 0.419 e. The third-order valence-corrected chi connectivity index (χ3v) is 2.14. The molecule has 0 aliphatic carbocycles. The predicted molar refractivity (Wildman–Crippen MR) is 50.7 cm³/mol. The first-order chi connectivity index (χ1) is 7.73. The summed E-state index contributed by atoms with van der Waals surface area (Å²) in [7, 11) is 0. The highest BCUT2D eigenvalue weighted by molar-refractivity contribution is 5.73. The van der Waals surface area contributed by atoms with Crippen LogP contribution in [0, 0.1) is 5.82 Å². The van der Waals surface area contributed by atoms with E-state index < -0.39 is 41.6 Å². The molecule has 1 atom stereocenters. The van der Waals surface area contributed by atoms with E-state index in [4.69, 9.17) is 10.8 Å². The molecular formula is C10H9F4NO2. The first-order valence-corrected chi connectivity index (χ1v) is 4.56. The van der Waals surface area contributed by atoms with Gasteiger partial charge in [0.2, 0.25) is 0 Å². The molecule has 3 N–H and O–H groups in total. The van der Waals surface area contributed by atoms with Crippen LogP contribution in [0.3, 0.4) is 0 Å². The van der Waals surface area contributed by atoms with Crippen LogP contribution in [0.5, 0.6) is 0 Å². The predicted octanol–water partition coefficient (Wildman–Crippen LogP) is 1.80. The second-order valence-corrected chi connectivity index (χ2v) is 3.42. The number of hydrogen-bond acceptors (Lipinski definition) is 2. The molecule has 17 heavy (non-hydrogen) atoms. The fraction of sp³-hybridized carbons (Fsp3) is 0.300. The van der Waals surface area contributed by atoms with Crippen molar-refractivity contribution in [3.05, 3.63) is 35.1 Å². The first kappa shape index (κ1) is 13.4. The molecule has 94 valence electrons. The van der Waals surface area contributed by atoms with Gasteiger partial charge >= 0.3 is 12.1 Å². The molecule has 3 nitrogen and oxygen atoms in total. The number of aliphatic carboxylic acids is 1. The SMILES string of the molecule is NC(Cc1cccc(F)c1C(F)(F)F)C(=O)O. The maximum atomic E-state index is 13.1. The van der Waals surface area contributed by atoms with E-state index >= 15 is 0 Å². The largest absolute Gasteiger partial charge is 0.480 e. The minimum Gasteiger partial charge on any atom is -0.480 e. The van der Waals surface area contributed by atoms with Crippen LogP contribution < -0.4 is 5.73 Å². The molecule has 0 aliphatic heterocycles. The van der Waals surface area contributed by atoms with Crippen molar-refractivity contribution in [2.75, 3.05) is 0 Å². The zero-order chi connectivity index (χ0) is 13.2. The van der Waals surface area contributed by atoms with Crippen LogP contribution in [0.1, 0.15) is 11.1 Å². The van der Waals surface area contributed by atoms with Gasteiger partial charge in [0, 0.05) is 0 Å². The molecule has 1 unspecified atom stereocenters. The monoisotopic (exact) mass is 251 g/mol. The van der Waals surface area contributed by atoms with Crippen molar-refractivity contribution < 1.29 is 27.5 Å². The van der Waals surface area contributed by atoms with Crippen molar-refractivity contribution in [1.82, 2.24) is 0 Å². The number of carboxylic acids is 1. The number of halogens is 4. The zero-order valence-corrected chi connectivity index (χ0v) is 8.46. The molecule has 0 amide bonds. The lowest BCUT2D eigenvalue weighted by Gasteiger charge is -2.15. The molecule has 1 aromatic rings. The van der Waals surface area contributed by atoms with E-state index in [0.29, 0.717) is 6.07 Å². The summed E-state index contributed by atoms with van der Waals surface area (Å²) in [5.41, 5.74) is 3.19. The van der Waals surface area contributed by atoms with Gasteiger partial charge in [-0.1, -0.05) is 12.1 Å². The van der Waals surface area contributed by atoms with Crippen molar-refractivity contribution in [2.24, 2.45) is 5.73 Å². The van der Waals surface area contributed by atoms with Crippen molar-refractivity contribution in [3.8, 4) is 0 Å². The van der Waals surface area contributed by atoms with E-state index in [1.165, 1.54) is 0 Å². The van der Waals surface area contributed by atoms with E-state index in [1.54, 1.807) is 0 Å². The molecule has 0 bridgehead atoms. The van der Waals surface area contributed by atoms with Crippen LogP contribution in [-0.4, -0.2) is 17.1 Å². The van der Waals surface area contributed by atoms with Crippen LogP contribution in [0.15, 0.2) is 18.2 Å². The molecule has 0 aliphatic rings. The summed E-state index contributed by atoms with van der Waals surface area (Å²) < 4.78 is 50.7. The maximum absolute atomic E-state index is 13.1. The topological polar surface area (TPSA) is 63.3 Å². The zero-order valence-electron chi connectivity index (χ0n) is 8.46. The van der Waals surface area contributed by atoms with Gasteiger partial charge in [0.05, 0.1) is 5.56 Å². The lowest BCUT2D eigenvalue weighted by molar-refractivity contribution is -0.142. The third-order valence-electron chi connectivity index (χ3n) is 2.14. The second-order valence-electron chi connectivity index (χ2n) is 3.42. The van der Waals surface area contributed by atoms with Crippen molar-refractivity contribution in [1.29, 1.82) is 0 Å². The van der Waals surface area contributed by atoms with Crippen LogP contribution in [0.4, 0.5) is 17.6 Å². The van der Waals surface area contributed by atoms with Gasteiger partial charge in [-0.2, -0.15) is 13.2 Å². The van der Waals surface area contributed by atoms with E-state index in [2.05, 4.69) is 0 Å². The van der Waals surface area contributed by atoms with Gasteiger partial charge in [-0.15, -0.1) is 0 Å². The standard InChI is InChI=1S/C10H9F4NO2/c11-6-3-1-2-5(4-7(15)9(16)17)8(6)10(12,13)14/h1-3,7H,4,15H2,(H,16,17). The minimum atomic E-state index is -4.88. The fourth-order valence-electron chi connectivity index (χ4n) is 1.38. The molecule has 0 heterocycles. The van der Waals surface area contributed by atoms with Gasteiger partial charge in [-0.25, -0.2) is 4.39 Å². The summed E-state index contributed by atoms with van der Waals surface area (Å²) >= 11 is 0. The van der Waals surface area contributed by atoms with E-state index in [9.17, 15) is 22.4 Å². The normalized spacial score (nSPS) is 13.5. The molecule has 1 rings (SSSR count). The van der Waals surface area contributed by atoms with E-state index in [1.807, 2.05) is 0 Å². The highest BCUT2D eigenvalue weighted by Gasteiger charge is 2.37. The van der Waals surface area contributed by atoms with Crippen LogP contribution in [0.2, 0.25) is 0 Å². The average Bonchev–Trinajstić information content (AvgIpc) is 2.15. The van der Waals surface area contributed by atoms with Gasteiger partial charge < -0.3 is 10.8 Å². The molecular weight excluding hydrogens is 242 g/mol. The van der Waals surface area contributed by atoms with Crippen LogP contribution in [0.25, 0.3) is 0 Å². The molecule has 0 radical (unpaired) electrons. The summed E-state index contributed by atoms with van der Waals surface area (Å²) in [6.07, 6.45) is -5.46. The minimum absolute atomic E-state index is 0.465. The smallest absolute Gasteiger partial charge is 0.419 e.